The van der Waals surface area contributed by atoms with Crippen molar-refractivity contribution < 1.29 is 4.79 Å². The predicted octanol–water partition coefficient (Wildman–Crippen LogP) is 1.31. The smallest absolute Gasteiger partial charge is 0.236 e. The minimum absolute atomic E-state index is 0.0438. The van der Waals surface area contributed by atoms with Crippen molar-refractivity contribution in [1.82, 2.24) is 9.80 Å². The van der Waals surface area contributed by atoms with Gasteiger partial charge in [-0.2, -0.15) is 5.26 Å². The van der Waals surface area contributed by atoms with E-state index in [2.05, 4.69) is 6.07 Å². The minimum atomic E-state index is -0.203. The maximum atomic E-state index is 11.6. The van der Waals surface area contributed by atoms with Gasteiger partial charge in [0, 0.05) is 20.6 Å². The molecule has 1 amide bonds. The van der Waals surface area contributed by atoms with E-state index in [9.17, 15) is 10.1 Å². The first-order valence-corrected chi connectivity index (χ1v) is 5.88. The summed E-state index contributed by atoms with van der Waals surface area (Å²) in [5, 5.41) is 9.20. The zero-order valence-electron chi connectivity index (χ0n) is 11.1. The van der Waals surface area contributed by atoms with Crippen LogP contribution in [0.4, 0.5) is 0 Å². The predicted molar refractivity (Wildman–Crippen MR) is 71.0 cm³/mol. The van der Waals surface area contributed by atoms with E-state index in [1.54, 1.807) is 19.0 Å². The highest BCUT2D eigenvalue weighted by Crippen LogP contribution is 2.15. The summed E-state index contributed by atoms with van der Waals surface area (Å²) in [6.45, 7) is 0.887. The molecule has 0 aromatic heterocycles. The number of nitrogens with zero attached hydrogens (tertiary/aromatic N) is 3. The van der Waals surface area contributed by atoms with Crippen LogP contribution in [0.25, 0.3) is 0 Å². The number of carbonyl (C=O) groups excluding carboxylic acids is 1. The van der Waals surface area contributed by atoms with Crippen LogP contribution in [-0.4, -0.2) is 49.9 Å². The molecule has 0 saturated heterocycles. The molecule has 0 spiro atoms. The van der Waals surface area contributed by atoms with Gasteiger partial charge in [0.2, 0.25) is 5.91 Å². The third-order valence-corrected chi connectivity index (χ3v) is 2.76. The Morgan fingerprint density at radius 1 is 1.28 bits per heavy atom. The summed E-state index contributed by atoms with van der Waals surface area (Å²) >= 11 is 0. The number of likely N-dealkylation sites (N-methyl/N-ethyl adjacent to an activating group) is 2. The van der Waals surface area contributed by atoms with Crippen LogP contribution in [0.1, 0.15) is 11.5 Å². The van der Waals surface area contributed by atoms with Crippen molar-refractivity contribution in [3.63, 3.8) is 0 Å². The Kier molecular flexibility index (Phi) is 5.34. The summed E-state index contributed by atoms with van der Waals surface area (Å²) in [7, 11) is 5.32. The van der Waals surface area contributed by atoms with E-state index < -0.39 is 0 Å². The van der Waals surface area contributed by atoms with Gasteiger partial charge in [-0.25, -0.2) is 0 Å². The highest BCUT2D eigenvalue weighted by atomic mass is 16.2. The summed E-state index contributed by atoms with van der Waals surface area (Å²) < 4.78 is 0. The SMILES string of the molecule is CN(CC(=O)N(C)C)CC(C#N)c1ccccc1. The van der Waals surface area contributed by atoms with Crippen molar-refractivity contribution in [3.8, 4) is 6.07 Å². The van der Waals surface area contributed by atoms with Gasteiger partial charge in [0.15, 0.2) is 0 Å². The molecule has 4 nitrogen and oxygen atoms in total. The molecule has 1 aromatic carbocycles. The van der Waals surface area contributed by atoms with E-state index in [0.717, 1.165) is 5.56 Å². The van der Waals surface area contributed by atoms with Gasteiger partial charge in [0.1, 0.15) is 0 Å². The average molecular weight is 245 g/mol. The van der Waals surface area contributed by atoms with E-state index in [-0.39, 0.29) is 11.8 Å². The first kappa shape index (κ1) is 14.2. The molecule has 1 rings (SSSR count). The normalized spacial score (nSPS) is 11.9. The standard InChI is InChI=1S/C14H19N3O/c1-16(2)14(18)11-17(3)10-13(9-15)12-7-5-4-6-8-12/h4-8,13H,10-11H2,1-3H3. The lowest BCUT2D eigenvalue weighted by Crippen LogP contribution is -2.36. The number of benzene rings is 1. The van der Waals surface area contributed by atoms with Crippen molar-refractivity contribution in [2.24, 2.45) is 0 Å². The molecule has 0 heterocycles. The van der Waals surface area contributed by atoms with Gasteiger partial charge >= 0.3 is 0 Å². The Balaban J connectivity index is 2.60. The lowest BCUT2D eigenvalue weighted by atomic mass is 10.0. The van der Waals surface area contributed by atoms with Gasteiger partial charge in [-0.3, -0.25) is 9.69 Å². The average Bonchev–Trinajstić information content (AvgIpc) is 2.36. The maximum absolute atomic E-state index is 11.6. The second kappa shape index (κ2) is 6.77. The number of carbonyl (C=O) groups is 1. The van der Waals surface area contributed by atoms with Crippen LogP contribution < -0.4 is 0 Å². The molecule has 96 valence electrons. The molecule has 0 radical (unpaired) electrons. The van der Waals surface area contributed by atoms with Crippen molar-refractivity contribution in [1.29, 1.82) is 5.26 Å². The third-order valence-electron chi connectivity index (χ3n) is 2.76. The first-order valence-electron chi connectivity index (χ1n) is 5.88. The number of rotatable bonds is 5. The Morgan fingerprint density at radius 2 is 1.89 bits per heavy atom. The molecule has 0 fully saturated rings. The van der Waals surface area contributed by atoms with Crippen molar-refractivity contribution in [3.05, 3.63) is 35.9 Å². The monoisotopic (exact) mass is 245 g/mol. The summed E-state index contributed by atoms with van der Waals surface area (Å²) in [6, 6.07) is 11.9. The topological polar surface area (TPSA) is 47.3 Å². The van der Waals surface area contributed by atoms with Crippen molar-refractivity contribution in [2.75, 3.05) is 34.2 Å². The van der Waals surface area contributed by atoms with Crippen LogP contribution in [0.5, 0.6) is 0 Å². The Morgan fingerprint density at radius 3 is 2.39 bits per heavy atom. The molecule has 1 atom stereocenters. The highest BCUT2D eigenvalue weighted by molar-refractivity contribution is 5.77. The minimum Gasteiger partial charge on any atom is -0.348 e. The maximum Gasteiger partial charge on any atom is 0.236 e. The number of nitriles is 1. The van der Waals surface area contributed by atoms with Gasteiger partial charge in [0.25, 0.3) is 0 Å². The molecular formula is C14H19N3O. The van der Waals surface area contributed by atoms with Gasteiger partial charge in [0.05, 0.1) is 18.5 Å². The molecule has 1 unspecified atom stereocenters. The van der Waals surface area contributed by atoms with Crippen LogP contribution >= 0.6 is 0 Å². The lowest BCUT2D eigenvalue weighted by molar-refractivity contribution is -0.129. The molecule has 1 aromatic rings. The summed E-state index contributed by atoms with van der Waals surface area (Å²) in [5.74, 6) is -0.159. The zero-order valence-corrected chi connectivity index (χ0v) is 11.1. The number of hydrogen-bond donors (Lipinski definition) is 0. The van der Waals surface area contributed by atoms with Gasteiger partial charge in [-0.05, 0) is 12.6 Å². The van der Waals surface area contributed by atoms with E-state index in [1.807, 2.05) is 42.3 Å². The fraction of sp³-hybridized carbons (Fsp3) is 0.429. The van der Waals surface area contributed by atoms with Crippen LogP contribution in [0.3, 0.4) is 0 Å². The van der Waals surface area contributed by atoms with Crippen molar-refractivity contribution >= 4 is 5.91 Å². The fourth-order valence-corrected chi connectivity index (χ4v) is 1.65. The largest absolute Gasteiger partial charge is 0.348 e. The summed E-state index contributed by atoms with van der Waals surface area (Å²) in [5.41, 5.74) is 0.990. The summed E-state index contributed by atoms with van der Waals surface area (Å²) in [6.07, 6.45) is 0. The molecule has 0 saturated carbocycles. The molecule has 0 aliphatic rings. The van der Waals surface area contributed by atoms with E-state index >= 15 is 0 Å². The molecule has 4 heteroatoms. The lowest BCUT2D eigenvalue weighted by Gasteiger charge is -2.21. The zero-order chi connectivity index (χ0) is 13.5. The molecule has 0 aliphatic heterocycles. The van der Waals surface area contributed by atoms with Crippen LogP contribution in [0.2, 0.25) is 0 Å². The Bertz CT molecular complexity index is 422. The van der Waals surface area contributed by atoms with Crippen LogP contribution in [0, 0.1) is 11.3 Å². The second-order valence-electron chi connectivity index (χ2n) is 4.58. The first-order chi connectivity index (χ1) is 8.54. The molecule has 18 heavy (non-hydrogen) atoms. The van der Waals surface area contributed by atoms with Gasteiger partial charge in [-0.1, -0.05) is 30.3 Å². The third kappa shape index (κ3) is 4.19. The highest BCUT2D eigenvalue weighted by Gasteiger charge is 2.15. The van der Waals surface area contributed by atoms with Crippen LogP contribution in [-0.2, 0) is 4.79 Å². The fourth-order valence-electron chi connectivity index (χ4n) is 1.65. The molecule has 0 bridgehead atoms. The molecule has 0 aliphatic carbocycles. The number of hydrogen-bond acceptors (Lipinski definition) is 3. The Labute approximate surface area is 108 Å². The van der Waals surface area contributed by atoms with Crippen molar-refractivity contribution in [2.45, 2.75) is 5.92 Å². The van der Waals surface area contributed by atoms with Gasteiger partial charge < -0.3 is 4.90 Å². The van der Waals surface area contributed by atoms with Gasteiger partial charge in [-0.15, -0.1) is 0 Å². The quantitative estimate of drug-likeness (QED) is 0.786. The molecule has 0 N–H and O–H groups in total. The second-order valence-corrected chi connectivity index (χ2v) is 4.58. The van der Waals surface area contributed by atoms with E-state index in [4.69, 9.17) is 0 Å². The summed E-state index contributed by atoms with van der Waals surface area (Å²) in [4.78, 5) is 15.0. The molecular weight excluding hydrogens is 226 g/mol. The number of amides is 1. The van der Waals surface area contributed by atoms with E-state index in [1.165, 1.54) is 0 Å². The Hall–Kier alpha value is -1.86. The van der Waals surface area contributed by atoms with E-state index in [0.29, 0.717) is 13.1 Å². The van der Waals surface area contributed by atoms with Crippen LogP contribution in [0.15, 0.2) is 30.3 Å².